The predicted molar refractivity (Wildman–Crippen MR) is 94.0 cm³/mol. The van der Waals surface area contributed by atoms with Gasteiger partial charge in [-0.3, -0.25) is 9.59 Å². The van der Waals surface area contributed by atoms with Crippen LogP contribution in [0.25, 0.3) is 0 Å². The van der Waals surface area contributed by atoms with E-state index in [1.807, 2.05) is 0 Å². The van der Waals surface area contributed by atoms with E-state index in [9.17, 15) is 18.4 Å². The molecule has 0 atom stereocenters. The lowest BCUT2D eigenvalue weighted by atomic mass is 10.1. The zero-order chi connectivity index (χ0) is 19.4. The van der Waals surface area contributed by atoms with Crippen LogP contribution in [0.1, 0.15) is 15.9 Å². The third kappa shape index (κ3) is 4.60. The molecule has 0 fully saturated rings. The van der Waals surface area contributed by atoms with Crippen LogP contribution in [-0.4, -0.2) is 24.7 Å². The average Bonchev–Trinajstić information content (AvgIpc) is 2.95. The van der Waals surface area contributed by atoms with E-state index in [1.54, 1.807) is 24.3 Å². The Morgan fingerprint density at radius 2 is 1.78 bits per heavy atom. The van der Waals surface area contributed by atoms with Crippen molar-refractivity contribution in [2.75, 3.05) is 11.9 Å². The van der Waals surface area contributed by atoms with Crippen LogP contribution in [0.4, 0.5) is 14.5 Å². The van der Waals surface area contributed by atoms with Crippen LogP contribution >= 0.6 is 0 Å². The van der Waals surface area contributed by atoms with Gasteiger partial charge in [-0.25, -0.2) is 0 Å². The number of carbonyl (C=O) groups is 2. The van der Waals surface area contributed by atoms with E-state index < -0.39 is 12.2 Å². The number of alkyl halides is 2. The fourth-order valence-corrected chi connectivity index (χ4v) is 2.46. The summed E-state index contributed by atoms with van der Waals surface area (Å²) in [5.74, 6) is -0.875. The Bertz CT molecular complexity index is 882. The number of benzene rings is 2. The molecule has 140 valence electrons. The van der Waals surface area contributed by atoms with Crippen LogP contribution in [0.5, 0.6) is 11.5 Å². The van der Waals surface area contributed by atoms with E-state index >= 15 is 0 Å². The van der Waals surface area contributed by atoms with Gasteiger partial charge >= 0.3 is 6.29 Å². The molecule has 2 amide bonds. The fraction of sp³-hybridized carbons (Fsp3) is 0.158. The third-order valence-corrected chi connectivity index (χ3v) is 3.77. The van der Waals surface area contributed by atoms with Crippen molar-refractivity contribution in [3.05, 3.63) is 66.2 Å². The van der Waals surface area contributed by atoms with Gasteiger partial charge in [0.15, 0.2) is 11.5 Å². The molecule has 0 aliphatic carbocycles. The lowest BCUT2D eigenvalue weighted by Gasteiger charge is -2.07. The summed E-state index contributed by atoms with van der Waals surface area (Å²) in [4.78, 5) is 23.4. The molecule has 6 nitrogen and oxygen atoms in total. The fourth-order valence-electron chi connectivity index (χ4n) is 2.46. The minimum atomic E-state index is -3.70. The molecule has 0 radical (unpaired) electrons. The van der Waals surface area contributed by atoms with E-state index in [1.165, 1.54) is 24.3 Å². The molecule has 3 rings (SSSR count). The summed E-state index contributed by atoms with van der Waals surface area (Å²) >= 11 is 0. The maximum atomic E-state index is 13.0. The Labute approximate surface area is 153 Å². The number of hydrogen-bond donors (Lipinski definition) is 2. The smallest absolute Gasteiger partial charge is 0.395 e. The molecule has 1 aliphatic rings. The van der Waals surface area contributed by atoms with E-state index in [4.69, 9.17) is 0 Å². The molecule has 0 bridgehead atoms. The molecule has 2 aromatic carbocycles. The zero-order valence-electron chi connectivity index (χ0n) is 14.1. The van der Waals surface area contributed by atoms with Gasteiger partial charge in [0, 0.05) is 23.9 Å². The number of hydrogen-bond acceptors (Lipinski definition) is 4. The van der Waals surface area contributed by atoms with Gasteiger partial charge in [0.1, 0.15) is 0 Å². The lowest BCUT2D eigenvalue weighted by Crippen LogP contribution is -2.25. The van der Waals surface area contributed by atoms with Crippen molar-refractivity contribution in [1.82, 2.24) is 5.32 Å². The average molecular weight is 374 g/mol. The molecule has 8 heteroatoms. The standard InChI is InChI=1S/C19H16F2N2O4/c1-2-17(24)22-10-9-12-3-5-13(6-4-12)18(25)23-14-7-8-15-16(11-14)27-19(20,21)26-15/h2-8,11H,1,9-10H2,(H,22,24)(H,23,25). The highest BCUT2D eigenvalue weighted by molar-refractivity contribution is 6.04. The molecule has 1 aliphatic heterocycles. The first-order valence-corrected chi connectivity index (χ1v) is 8.07. The van der Waals surface area contributed by atoms with Gasteiger partial charge in [0.05, 0.1) is 0 Å². The largest absolute Gasteiger partial charge is 0.586 e. The van der Waals surface area contributed by atoms with E-state index in [0.29, 0.717) is 24.2 Å². The first kappa shape index (κ1) is 18.4. The summed E-state index contributed by atoms with van der Waals surface area (Å²) in [5, 5.41) is 5.28. The van der Waals surface area contributed by atoms with Gasteiger partial charge in [0.2, 0.25) is 5.91 Å². The molecule has 2 aromatic rings. The normalized spacial score (nSPS) is 13.7. The first-order valence-electron chi connectivity index (χ1n) is 8.07. The maximum absolute atomic E-state index is 13.0. The van der Waals surface area contributed by atoms with Crippen LogP contribution in [0.15, 0.2) is 55.1 Å². The van der Waals surface area contributed by atoms with Gasteiger partial charge in [-0.1, -0.05) is 18.7 Å². The molecule has 0 unspecified atom stereocenters. The number of halogens is 2. The minimum absolute atomic E-state index is 0.0918. The topological polar surface area (TPSA) is 76.7 Å². The van der Waals surface area contributed by atoms with Crippen LogP contribution in [-0.2, 0) is 11.2 Å². The molecule has 1 heterocycles. The van der Waals surface area contributed by atoms with Crippen LogP contribution in [0.2, 0.25) is 0 Å². The van der Waals surface area contributed by atoms with Crippen molar-refractivity contribution >= 4 is 17.5 Å². The number of ether oxygens (including phenoxy) is 2. The van der Waals surface area contributed by atoms with Crippen molar-refractivity contribution in [2.24, 2.45) is 0 Å². The van der Waals surface area contributed by atoms with E-state index in [2.05, 4.69) is 26.7 Å². The highest BCUT2D eigenvalue weighted by atomic mass is 19.3. The summed E-state index contributed by atoms with van der Waals surface area (Å²) in [6, 6.07) is 10.8. The molecule has 0 aromatic heterocycles. The van der Waals surface area contributed by atoms with E-state index in [0.717, 1.165) is 5.56 Å². The summed E-state index contributed by atoms with van der Waals surface area (Å²) < 4.78 is 34.7. The molecular weight excluding hydrogens is 358 g/mol. The van der Waals surface area contributed by atoms with Gasteiger partial charge in [-0.15, -0.1) is 8.78 Å². The maximum Gasteiger partial charge on any atom is 0.586 e. The number of nitrogens with one attached hydrogen (secondary N) is 2. The van der Waals surface area contributed by atoms with Gasteiger partial charge in [0.25, 0.3) is 5.91 Å². The van der Waals surface area contributed by atoms with E-state index in [-0.39, 0.29) is 17.4 Å². The number of amides is 2. The molecule has 2 N–H and O–H groups in total. The Morgan fingerprint density at radius 1 is 1.07 bits per heavy atom. The Morgan fingerprint density at radius 3 is 2.48 bits per heavy atom. The molecule has 0 spiro atoms. The minimum Gasteiger partial charge on any atom is -0.395 e. The number of fused-ring (bicyclic) bond motifs is 1. The summed E-state index contributed by atoms with van der Waals surface area (Å²) in [6.45, 7) is 3.83. The summed E-state index contributed by atoms with van der Waals surface area (Å²) in [5.41, 5.74) is 1.65. The molecule has 0 saturated carbocycles. The Kier molecular flexibility index (Phi) is 5.07. The third-order valence-electron chi connectivity index (χ3n) is 3.77. The van der Waals surface area contributed by atoms with Crippen molar-refractivity contribution in [3.63, 3.8) is 0 Å². The quantitative estimate of drug-likeness (QED) is 0.762. The lowest BCUT2D eigenvalue weighted by molar-refractivity contribution is -0.286. The second-order valence-corrected chi connectivity index (χ2v) is 5.73. The van der Waals surface area contributed by atoms with Crippen LogP contribution < -0.4 is 20.1 Å². The monoisotopic (exact) mass is 374 g/mol. The number of anilines is 1. The highest BCUT2D eigenvalue weighted by Gasteiger charge is 2.43. The van der Waals surface area contributed by atoms with Gasteiger partial charge < -0.3 is 20.1 Å². The Balaban J connectivity index is 1.59. The second-order valence-electron chi connectivity index (χ2n) is 5.73. The SMILES string of the molecule is C=CC(=O)NCCc1ccc(C(=O)Nc2ccc3c(c2)OC(F)(F)O3)cc1. The van der Waals surface area contributed by atoms with Crippen LogP contribution in [0.3, 0.4) is 0 Å². The second kappa shape index (κ2) is 7.45. The van der Waals surface area contributed by atoms with Crippen LogP contribution in [0, 0.1) is 0 Å². The molecule has 27 heavy (non-hydrogen) atoms. The number of rotatable bonds is 6. The summed E-state index contributed by atoms with van der Waals surface area (Å²) in [6.07, 6.45) is -1.89. The van der Waals surface area contributed by atoms with Crippen molar-refractivity contribution < 1.29 is 27.8 Å². The van der Waals surface area contributed by atoms with Crippen molar-refractivity contribution in [2.45, 2.75) is 12.7 Å². The summed E-state index contributed by atoms with van der Waals surface area (Å²) in [7, 11) is 0. The van der Waals surface area contributed by atoms with Gasteiger partial charge in [-0.05, 0) is 42.3 Å². The highest BCUT2D eigenvalue weighted by Crippen LogP contribution is 2.42. The van der Waals surface area contributed by atoms with Crippen molar-refractivity contribution in [3.8, 4) is 11.5 Å². The van der Waals surface area contributed by atoms with Gasteiger partial charge in [-0.2, -0.15) is 0 Å². The number of carbonyl (C=O) groups excluding carboxylic acids is 2. The molecule has 0 saturated heterocycles. The Hall–Kier alpha value is -3.42. The zero-order valence-corrected chi connectivity index (χ0v) is 14.1. The predicted octanol–water partition coefficient (Wildman–Crippen LogP) is 3.11. The first-order chi connectivity index (χ1) is 12.9. The molecular formula is C19H16F2N2O4. The van der Waals surface area contributed by atoms with Crippen molar-refractivity contribution in [1.29, 1.82) is 0 Å².